The van der Waals surface area contributed by atoms with E-state index < -0.39 is 0 Å². The fourth-order valence-electron chi connectivity index (χ4n) is 1.87. The van der Waals surface area contributed by atoms with Crippen molar-refractivity contribution in [3.8, 4) is 0 Å². The molecule has 0 aliphatic heterocycles. The smallest absolute Gasteiger partial charge is 0.0908 e. The first-order valence-corrected chi connectivity index (χ1v) is 6.47. The highest BCUT2D eigenvalue weighted by Gasteiger charge is 2.08. The molecule has 0 saturated carbocycles. The van der Waals surface area contributed by atoms with Crippen LogP contribution in [0.5, 0.6) is 0 Å². The highest BCUT2D eigenvalue weighted by atomic mass is 35.5. The summed E-state index contributed by atoms with van der Waals surface area (Å²) in [4.78, 5) is 4.31. The number of anilines is 1. The standard InChI is InChI=1S/C14H17ClN2O/c1-3-18-9-10(2)17-13-7-6-12(15)14-11(13)5-4-8-16-14/h4-8,10,17H,3,9H2,1-2H3. The number of rotatable bonds is 5. The van der Waals surface area contributed by atoms with E-state index in [9.17, 15) is 0 Å². The van der Waals surface area contributed by atoms with Crippen molar-refractivity contribution in [3.63, 3.8) is 0 Å². The lowest BCUT2D eigenvalue weighted by Crippen LogP contribution is -2.21. The SMILES string of the molecule is CCOCC(C)Nc1ccc(Cl)c2ncccc12. The minimum atomic E-state index is 0.245. The highest BCUT2D eigenvalue weighted by Crippen LogP contribution is 2.28. The number of aromatic nitrogens is 1. The van der Waals surface area contributed by atoms with Crippen LogP contribution < -0.4 is 5.32 Å². The fourth-order valence-corrected chi connectivity index (χ4v) is 2.08. The molecule has 0 spiro atoms. The third kappa shape index (κ3) is 2.92. The molecule has 1 unspecified atom stereocenters. The maximum Gasteiger partial charge on any atom is 0.0908 e. The first kappa shape index (κ1) is 13.1. The molecule has 0 amide bonds. The summed E-state index contributed by atoms with van der Waals surface area (Å²) < 4.78 is 5.40. The van der Waals surface area contributed by atoms with Crippen LogP contribution in [-0.4, -0.2) is 24.2 Å². The summed E-state index contributed by atoms with van der Waals surface area (Å²) in [5, 5.41) is 5.13. The molecule has 1 heterocycles. The Bertz CT molecular complexity index is 530. The molecule has 1 aromatic heterocycles. The Hall–Kier alpha value is -1.32. The molecule has 2 rings (SSSR count). The summed E-state index contributed by atoms with van der Waals surface area (Å²) in [6, 6.07) is 8.03. The summed E-state index contributed by atoms with van der Waals surface area (Å²) in [6.07, 6.45) is 1.75. The van der Waals surface area contributed by atoms with E-state index in [1.165, 1.54) is 0 Å². The number of pyridine rings is 1. The summed E-state index contributed by atoms with van der Waals surface area (Å²) in [5.41, 5.74) is 1.86. The second-order valence-electron chi connectivity index (χ2n) is 4.20. The van der Waals surface area contributed by atoms with Crippen LogP contribution in [0.15, 0.2) is 30.5 Å². The van der Waals surface area contributed by atoms with Crippen LogP contribution in [0.1, 0.15) is 13.8 Å². The van der Waals surface area contributed by atoms with Gasteiger partial charge in [-0.2, -0.15) is 0 Å². The number of nitrogens with zero attached hydrogens (tertiary/aromatic N) is 1. The zero-order valence-electron chi connectivity index (χ0n) is 10.6. The van der Waals surface area contributed by atoms with Crippen molar-refractivity contribution in [2.75, 3.05) is 18.5 Å². The molecule has 0 saturated heterocycles. The number of hydrogen-bond donors (Lipinski definition) is 1. The van der Waals surface area contributed by atoms with E-state index in [1.54, 1.807) is 6.20 Å². The van der Waals surface area contributed by atoms with Gasteiger partial charge in [0.05, 0.1) is 17.1 Å². The van der Waals surface area contributed by atoms with E-state index in [-0.39, 0.29) is 6.04 Å². The van der Waals surface area contributed by atoms with E-state index in [0.717, 1.165) is 23.2 Å². The lowest BCUT2D eigenvalue weighted by Gasteiger charge is -2.16. The van der Waals surface area contributed by atoms with Gasteiger partial charge in [-0.15, -0.1) is 0 Å². The second-order valence-corrected chi connectivity index (χ2v) is 4.61. The Morgan fingerprint density at radius 1 is 1.39 bits per heavy atom. The van der Waals surface area contributed by atoms with Gasteiger partial charge in [-0.1, -0.05) is 11.6 Å². The molecule has 0 aliphatic rings. The van der Waals surface area contributed by atoms with E-state index in [1.807, 2.05) is 31.2 Å². The lowest BCUT2D eigenvalue weighted by atomic mass is 10.1. The second kappa shape index (κ2) is 6.03. The van der Waals surface area contributed by atoms with Crippen LogP contribution >= 0.6 is 11.6 Å². The van der Waals surface area contributed by atoms with Crippen molar-refractivity contribution in [3.05, 3.63) is 35.5 Å². The van der Waals surface area contributed by atoms with Crippen molar-refractivity contribution in [2.45, 2.75) is 19.9 Å². The third-order valence-corrected chi connectivity index (χ3v) is 3.00. The van der Waals surface area contributed by atoms with Crippen LogP contribution in [0.25, 0.3) is 10.9 Å². The van der Waals surface area contributed by atoms with Crippen LogP contribution in [0.2, 0.25) is 5.02 Å². The monoisotopic (exact) mass is 264 g/mol. The first-order chi connectivity index (χ1) is 8.72. The van der Waals surface area contributed by atoms with Crippen molar-refractivity contribution in [2.24, 2.45) is 0 Å². The Morgan fingerprint density at radius 2 is 2.22 bits per heavy atom. The highest BCUT2D eigenvalue weighted by molar-refractivity contribution is 6.35. The van der Waals surface area contributed by atoms with Gasteiger partial charge < -0.3 is 10.1 Å². The molecule has 1 aromatic carbocycles. The summed E-state index contributed by atoms with van der Waals surface area (Å²) in [6.45, 7) is 5.50. The minimum Gasteiger partial charge on any atom is -0.380 e. The van der Waals surface area contributed by atoms with Crippen LogP contribution in [0.4, 0.5) is 5.69 Å². The molecule has 0 radical (unpaired) electrons. The molecule has 2 aromatic rings. The van der Waals surface area contributed by atoms with Gasteiger partial charge in [-0.05, 0) is 38.1 Å². The molecule has 1 N–H and O–H groups in total. The van der Waals surface area contributed by atoms with Gasteiger partial charge >= 0.3 is 0 Å². The number of fused-ring (bicyclic) bond motifs is 1. The van der Waals surface area contributed by atoms with E-state index in [0.29, 0.717) is 11.6 Å². The Morgan fingerprint density at radius 3 is 3.00 bits per heavy atom. The van der Waals surface area contributed by atoms with Gasteiger partial charge in [-0.3, -0.25) is 4.98 Å². The first-order valence-electron chi connectivity index (χ1n) is 6.10. The predicted molar refractivity (Wildman–Crippen MR) is 76.3 cm³/mol. The minimum absolute atomic E-state index is 0.245. The van der Waals surface area contributed by atoms with Crippen LogP contribution in [0, 0.1) is 0 Å². The third-order valence-electron chi connectivity index (χ3n) is 2.69. The van der Waals surface area contributed by atoms with Crippen molar-refractivity contribution in [1.29, 1.82) is 0 Å². The maximum absolute atomic E-state index is 6.13. The summed E-state index contributed by atoms with van der Waals surface area (Å²) in [7, 11) is 0. The summed E-state index contributed by atoms with van der Waals surface area (Å²) in [5.74, 6) is 0. The van der Waals surface area contributed by atoms with Crippen LogP contribution in [0.3, 0.4) is 0 Å². The summed E-state index contributed by atoms with van der Waals surface area (Å²) >= 11 is 6.13. The van der Waals surface area contributed by atoms with Gasteiger partial charge in [0.1, 0.15) is 0 Å². The number of halogens is 1. The zero-order valence-corrected chi connectivity index (χ0v) is 11.4. The van der Waals surface area contributed by atoms with Crippen molar-refractivity contribution < 1.29 is 4.74 Å². The number of nitrogens with one attached hydrogen (secondary N) is 1. The largest absolute Gasteiger partial charge is 0.380 e. The molecule has 0 aliphatic carbocycles. The van der Waals surface area contributed by atoms with E-state index in [4.69, 9.17) is 16.3 Å². The topological polar surface area (TPSA) is 34.1 Å². The predicted octanol–water partition coefficient (Wildman–Crippen LogP) is 3.73. The number of hydrogen-bond acceptors (Lipinski definition) is 3. The molecule has 0 fully saturated rings. The average molecular weight is 265 g/mol. The quantitative estimate of drug-likeness (QED) is 0.894. The molecule has 96 valence electrons. The molecule has 0 bridgehead atoms. The average Bonchev–Trinajstić information content (AvgIpc) is 2.40. The van der Waals surface area contributed by atoms with E-state index in [2.05, 4.69) is 17.2 Å². The van der Waals surface area contributed by atoms with Crippen molar-refractivity contribution in [1.82, 2.24) is 4.98 Å². The molecular formula is C14H17ClN2O. The molecule has 4 heteroatoms. The molecular weight excluding hydrogens is 248 g/mol. The number of ether oxygens (including phenoxy) is 1. The van der Waals surface area contributed by atoms with Gasteiger partial charge in [0.2, 0.25) is 0 Å². The Labute approximate surface area is 112 Å². The zero-order chi connectivity index (χ0) is 13.0. The fraction of sp³-hybridized carbons (Fsp3) is 0.357. The van der Waals surface area contributed by atoms with Crippen LogP contribution in [-0.2, 0) is 4.74 Å². The maximum atomic E-state index is 6.13. The van der Waals surface area contributed by atoms with Gasteiger partial charge in [0.15, 0.2) is 0 Å². The Kier molecular flexibility index (Phi) is 4.39. The Balaban J connectivity index is 2.26. The van der Waals surface area contributed by atoms with Gasteiger partial charge in [0, 0.05) is 29.9 Å². The van der Waals surface area contributed by atoms with E-state index >= 15 is 0 Å². The lowest BCUT2D eigenvalue weighted by molar-refractivity contribution is 0.141. The van der Waals surface area contributed by atoms with Gasteiger partial charge in [0.25, 0.3) is 0 Å². The molecule has 18 heavy (non-hydrogen) atoms. The van der Waals surface area contributed by atoms with Crippen molar-refractivity contribution >= 4 is 28.2 Å². The van der Waals surface area contributed by atoms with Gasteiger partial charge in [-0.25, -0.2) is 0 Å². The number of benzene rings is 1. The normalized spacial score (nSPS) is 12.6. The molecule has 3 nitrogen and oxygen atoms in total. The molecule has 1 atom stereocenters.